The topological polar surface area (TPSA) is 49.4 Å². The summed E-state index contributed by atoms with van der Waals surface area (Å²) in [7, 11) is 0. The highest BCUT2D eigenvalue weighted by atomic mass is 35.5. The number of likely N-dealkylation sites (tertiary alicyclic amines) is 1. The van der Waals surface area contributed by atoms with Crippen LogP contribution in [0.1, 0.15) is 37.7 Å². The smallest absolute Gasteiger partial charge is 0.291 e. The Kier molecular flexibility index (Phi) is 7.94. The van der Waals surface area contributed by atoms with Crippen LogP contribution in [0, 0.1) is 5.92 Å². The van der Waals surface area contributed by atoms with Crippen LogP contribution >= 0.6 is 23.2 Å². The van der Waals surface area contributed by atoms with E-state index in [9.17, 15) is 9.59 Å². The van der Waals surface area contributed by atoms with Crippen LogP contribution in [0.25, 0.3) is 0 Å². The van der Waals surface area contributed by atoms with Crippen molar-refractivity contribution in [1.82, 2.24) is 10.2 Å². The van der Waals surface area contributed by atoms with E-state index in [4.69, 9.17) is 23.2 Å². The van der Waals surface area contributed by atoms with Crippen LogP contribution in [0.4, 0.5) is 0 Å². The highest BCUT2D eigenvalue weighted by molar-refractivity contribution is 6.42. The molecular weight excluding hydrogens is 359 g/mol. The van der Waals surface area contributed by atoms with Gasteiger partial charge in [-0.15, -0.1) is 0 Å². The van der Waals surface area contributed by atoms with Crippen LogP contribution in [-0.2, 0) is 16.1 Å². The van der Waals surface area contributed by atoms with Gasteiger partial charge in [0.15, 0.2) is 0 Å². The van der Waals surface area contributed by atoms with E-state index < -0.39 is 5.91 Å². The minimum absolute atomic E-state index is 0.309. The number of piperidine rings is 1. The maximum Gasteiger partial charge on any atom is 0.291 e. The third-order valence-electron chi connectivity index (χ3n) is 4.60. The Morgan fingerprint density at radius 2 is 1.96 bits per heavy atom. The quantitative estimate of drug-likeness (QED) is 0.685. The maximum atomic E-state index is 11.6. The number of nitrogens with one attached hydrogen (secondary N) is 1. The molecule has 1 aliphatic heterocycles. The lowest BCUT2D eigenvalue weighted by Crippen LogP contribution is -2.33. The lowest BCUT2D eigenvalue weighted by molar-refractivity contribution is -0.137. The first kappa shape index (κ1) is 20.0. The zero-order valence-corrected chi connectivity index (χ0v) is 15.8. The monoisotopic (exact) mass is 382 g/mol. The number of nitrogens with zero attached hydrogens (tertiary/aromatic N) is 1. The van der Waals surface area contributed by atoms with Gasteiger partial charge in [0.2, 0.25) is 5.78 Å². The van der Waals surface area contributed by atoms with E-state index in [0.717, 1.165) is 45.3 Å². The summed E-state index contributed by atoms with van der Waals surface area (Å²) in [6, 6.07) is 5.78. The molecule has 1 heterocycles. The molecule has 1 amide bonds. The van der Waals surface area contributed by atoms with E-state index in [1.807, 2.05) is 18.2 Å². The molecule has 2 rings (SSSR count). The molecule has 6 heteroatoms. The number of ketones is 1. The zero-order chi connectivity index (χ0) is 18.2. The maximum absolute atomic E-state index is 11.6. The molecule has 136 valence electrons. The van der Waals surface area contributed by atoms with Gasteiger partial charge in [0.25, 0.3) is 5.91 Å². The highest BCUT2D eigenvalue weighted by Gasteiger charge is 2.20. The lowest BCUT2D eigenvalue weighted by atomic mass is 9.91. The first-order chi connectivity index (χ1) is 12.0. The van der Waals surface area contributed by atoms with Crippen molar-refractivity contribution >= 4 is 34.9 Å². The fraction of sp³-hybridized carbons (Fsp3) is 0.474. The predicted octanol–water partition coefficient (Wildman–Crippen LogP) is 4.20. The van der Waals surface area contributed by atoms with E-state index in [1.165, 1.54) is 11.8 Å². The molecule has 0 unspecified atom stereocenters. The number of halogens is 2. The number of amides is 1. The molecule has 1 N–H and O–H groups in total. The normalized spacial score (nSPS) is 15.8. The number of rotatable bonds is 8. The molecule has 1 fully saturated rings. The molecule has 0 spiro atoms. The Hall–Kier alpha value is -1.36. The standard InChI is InChI=1S/C19H24Cl2N2O2/c1-2-22-19(25)18(24)5-3-4-14-8-10-23(11-9-14)13-15-6-7-16(20)17(21)12-15/h2,6-7,12,14H,1,3-5,8-11,13H2,(H,22,25). The summed E-state index contributed by atoms with van der Waals surface area (Å²) in [5.41, 5.74) is 1.17. The van der Waals surface area contributed by atoms with Crippen molar-refractivity contribution in [3.8, 4) is 0 Å². The van der Waals surface area contributed by atoms with Crippen LogP contribution in [0.5, 0.6) is 0 Å². The van der Waals surface area contributed by atoms with Crippen molar-refractivity contribution in [2.75, 3.05) is 13.1 Å². The summed E-state index contributed by atoms with van der Waals surface area (Å²) in [6.45, 7) is 6.33. The third-order valence-corrected chi connectivity index (χ3v) is 5.34. The molecule has 0 aliphatic carbocycles. The van der Waals surface area contributed by atoms with Crippen LogP contribution in [0.3, 0.4) is 0 Å². The summed E-state index contributed by atoms with van der Waals surface area (Å²) in [4.78, 5) is 25.3. The van der Waals surface area contributed by atoms with Gasteiger partial charge in [-0.1, -0.05) is 35.8 Å². The van der Waals surface area contributed by atoms with Gasteiger partial charge in [-0.2, -0.15) is 0 Å². The largest absolute Gasteiger partial charge is 0.327 e. The van der Waals surface area contributed by atoms with Crippen molar-refractivity contribution < 1.29 is 9.59 Å². The molecule has 1 aromatic carbocycles. The summed E-state index contributed by atoms with van der Waals surface area (Å²) in [5, 5.41) is 3.50. The summed E-state index contributed by atoms with van der Waals surface area (Å²) in [6.07, 6.45) is 5.55. The fourth-order valence-electron chi connectivity index (χ4n) is 3.17. The Morgan fingerprint density at radius 3 is 2.60 bits per heavy atom. The second-order valence-corrected chi connectivity index (χ2v) is 7.28. The van der Waals surface area contributed by atoms with Gasteiger partial charge in [0.05, 0.1) is 10.0 Å². The van der Waals surface area contributed by atoms with Gasteiger partial charge in [-0.05, 0) is 68.6 Å². The lowest BCUT2D eigenvalue weighted by Gasteiger charge is -2.32. The van der Waals surface area contributed by atoms with Gasteiger partial charge in [0.1, 0.15) is 0 Å². The fourth-order valence-corrected chi connectivity index (χ4v) is 3.49. The molecule has 1 saturated heterocycles. The number of carbonyl (C=O) groups is 2. The molecule has 0 aromatic heterocycles. The van der Waals surface area contributed by atoms with Crippen molar-refractivity contribution in [2.24, 2.45) is 5.92 Å². The van der Waals surface area contributed by atoms with E-state index in [0.29, 0.717) is 22.4 Å². The minimum Gasteiger partial charge on any atom is -0.327 e. The average molecular weight is 383 g/mol. The van der Waals surface area contributed by atoms with Crippen LogP contribution in [0.15, 0.2) is 31.0 Å². The van der Waals surface area contributed by atoms with Crippen LogP contribution in [-0.4, -0.2) is 29.7 Å². The van der Waals surface area contributed by atoms with Crippen LogP contribution < -0.4 is 5.32 Å². The zero-order valence-electron chi connectivity index (χ0n) is 14.3. The first-order valence-electron chi connectivity index (χ1n) is 8.60. The number of hydrogen-bond acceptors (Lipinski definition) is 3. The van der Waals surface area contributed by atoms with Crippen molar-refractivity contribution in [3.05, 3.63) is 46.6 Å². The van der Waals surface area contributed by atoms with Gasteiger partial charge >= 0.3 is 0 Å². The Morgan fingerprint density at radius 1 is 1.24 bits per heavy atom. The molecule has 0 bridgehead atoms. The third kappa shape index (κ3) is 6.46. The first-order valence-corrected chi connectivity index (χ1v) is 9.36. The Labute approximate surface area is 159 Å². The molecule has 1 aromatic rings. The molecule has 0 atom stereocenters. The summed E-state index contributed by atoms with van der Waals surface area (Å²) < 4.78 is 0. The minimum atomic E-state index is -0.563. The molecular formula is C19H24Cl2N2O2. The Balaban J connectivity index is 1.67. The predicted molar refractivity (Wildman–Crippen MR) is 102 cm³/mol. The summed E-state index contributed by atoms with van der Waals surface area (Å²) >= 11 is 12.0. The SMILES string of the molecule is C=CNC(=O)C(=O)CCCC1CCN(Cc2ccc(Cl)c(Cl)c2)CC1. The van der Waals surface area contributed by atoms with E-state index in [2.05, 4.69) is 16.8 Å². The number of Topliss-reactive ketones (excluding diaryl/α,β-unsaturated/α-hetero) is 1. The second kappa shape index (κ2) is 9.95. The van der Waals surface area contributed by atoms with Gasteiger partial charge < -0.3 is 5.32 Å². The molecule has 25 heavy (non-hydrogen) atoms. The molecule has 1 aliphatic rings. The van der Waals surface area contributed by atoms with E-state index in [1.54, 1.807) is 0 Å². The Bertz CT molecular complexity index is 626. The number of hydrogen-bond donors (Lipinski definition) is 1. The number of benzene rings is 1. The van der Waals surface area contributed by atoms with E-state index >= 15 is 0 Å². The van der Waals surface area contributed by atoms with Gasteiger partial charge in [-0.3, -0.25) is 14.5 Å². The average Bonchev–Trinajstić information content (AvgIpc) is 2.60. The van der Waals surface area contributed by atoms with Crippen molar-refractivity contribution in [2.45, 2.75) is 38.6 Å². The second-order valence-electron chi connectivity index (χ2n) is 6.46. The summed E-state index contributed by atoms with van der Waals surface area (Å²) in [5.74, 6) is -0.302. The van der Waals surface area contributed by atoms with Crippen LogP contribution in [0.2, 0.25) is 10.0 Å². The molecule has 4 nitrogen and oxygen atoms in total. The highest BCUT2D eigenvalue weighted by Crippen LogP contribution is 2.26. The number of carbonyl (C=O) groups excluding carboxylic acids is 2. The van der Waals surface area contributed by atoms with Crippen molar-refractivity contribution in [1.29, 1.82) is 0 Å². The van der Waals surface area contributed by atoms with Crippen molar-refractivity contribution in [3.63, 3.8) is 0 Å². The molecule has 0 saturated carbocycles. The van der Waals surface area contributed by atoms with E-state index in [-0.39, 0.29) is 5.78 Å². The van der Waals surface area contributed by atoms with Gasteiger partial charge in [-0.25, -0.2) is 0 Å². The molecule has 0 radical (unpaired) electrons. The van der Waals surface area contributed by atoms with Gasteiger partial charge in [0, 0.05) is 13.0 Å².